The van der Waals surface area contributed by atoms with E-state index < -0.39 is 15.4 Å². The maximum atomic E-state index is 12.8. The Morgan fingerprint density at radius 1 is 1.08 bits per heavy atom. The number of hydrogen-bond acceptors (Lipinski definition) is 5. The van der Waals surface area contributed by atoms with Crippen molar-refractivity contribution in [1.29, 1.82) is 0 Å². The van der Waals surface area contributed by atoms with Crippen LogP contribution in [0.15, 0.2) is 72.7 Å². The fraction of sp³-hybridized carbons (Fsp3) is 0.357. The van der Waals surface area contributed by atoms with Crippen molar-refractivity contribution in [2.24, 2.45) is 5.41 Å². The SMILES string of the molecule is C=CCN(CC=C)S(=O)(=O)c1ccc(NC(=S)NC(=O)C(C)(C)CCCOc2cc(C)ccc2C)cc1. The zero-order chi connectivity index (χ0) is 27.6. The van der Waals surface area contributed by atoms with E-state index in [1.807, 2.05) is 45.9 Å². The van der Waals surface area contributed by atoms with E-state index in [9.17, 15) is 13.2 Å². The molecule has 200 valence electrons. The molecule has 2 aromatic rings. The number of sulfonamides is 1. The number of anilines is 1. The number of carbonyl (C=O) groups excluding carboxylic acids is 1. The van der Waals surface area contributed by atoms with E-state index in [0.717, 1.165) is 16.9 Å². The van der Waals surface area contributed by atoms with Crippen LogP contribution in [0.5, 0.6) is 5.75 Å². The lowest BCUT2D eigenvalue weighted by Crippen LogP contribution is -2.42. The number of aryl methyl sites for hydroxylation is 2. The summed E-state index contributed by atoms with van der Waals surface area (Å²) in [5.41, 5.74) is 2.12. The summed E-state index contributed by atoms with van der Waals surface area (Å²) < 4.78 is 32.9. The predicted octanol–water partition coefficient (Wildman–Crippen LogP) is 5.36. The van der Waals surface area contributed by atoms with E-state index in [2.05, 4.69) is 23.8 Å². The monoisotopic (exact) mass is 543 g/mol. The number of amides is 1. The number of ether oxygens (including phenoxy) is 1. The predicted molar refractivity (Wildman–Crippen MR) is 154 cm³/mol. The van der Waals surface area contributed by atoms with Crippen LogP contribution in [0.4, 0.5) is 5.69 Å². The topological polar surface area (TPSA) is 87.7 Å². The second kappa shape index (κ2) is 13.5. The highest BCUT2D eigenvalue weighted by Crippen LogP contribution is 2.24. The summed E-state index contributed by atoms with van der Waals surface area (Å²) in [5, 5.41) is 5.81. The first-order valence-corrected chi connectivity index (χ1v) is 13.9. The number of hydrogen-bond donors (Lipinski definition) is 2. The Morgan fingerprint density at radius 3 is 2.30 bits per heavy atom. The molecule has 0 spiro atoms. The highest BCUT2D eigenvalue weighted by atomic mass is 32.2. The van der Waals surface area contributed by atoms with Gasteiger partial charge in [-0.3, -0.25) is 4.79 Å². The molecule has 0 aliphatic heterocycles. The van der Waals surface area contributed by atoms with Gasteiger partial charge in [0.25, 0.3) is 0 Å². The molecule has 7 nitrogen and oxygen atoms in total. The molecule has 0 fully saturated rings. The van der Waals surface area contributed by atoms with Crippen LogP contribution >= 0.6 is 12.2 Å². The number of nitrogens with one attached hydrogen (secondary N) is 2. The van der Waals surface area contributed by atoms with Gasteiger partial charge in [-0.2, -0.15) is 4.31 Å². The lowest BCUT2D eigenvalue weighted by atomic mass is 9.87. The second-order valence-electron chi connectivity index (χ2n) is 9.44. The fourth-order valence-corrected chi connectivity index (χ4v) is 5.12. The van der Waals surface area contributed by atoms with E-state index in [0.29, 0.717) is 25.1 Å². The molecule has 0 unspecified atom stereocenters. The molecule has 0 aliphatic rings. The van der Waals surface area contributed by atoms with Crippen LogP contribution in [-0.4, -0.2) is 43.4 Å². The van der Waals surface area contributed by atoms with Gasteiger partial charge in [0, 0.05) is 24.2 Å². The van der Waals surface area contributed by atoms with Crippen LogP contribution in [-0.2, 0) is 14.8 Å². The molecule has 0 heterocycles. The Morgan fingerprint density at radius 2 is 1.70 bits per heavy atom. The molecular formula is C28H37N3O4S2. The summed E-state index contributed by atoms with van der Waals surface area (Å²) in [7, 11) is -3.69. The van der Waals surface area contributed by atoms with Crippen LogP contribution in [0.2, 0.25) is 0 Å². The number of nitrogens with zero attached hydrogens (tertiary/aromatic N) is 1. The highest BCUT2D eigenvalue weighted by Gasteiger charge is 2.28. The molecule has 1 amide bonds. The Hall–Kier alpha value is -3.01. The van der Waals surface area contributed by atoms with Crippen LogP contribution in [0.3, 0.4) is 0 Å². The number of carbonyl (C=O) groups is 1. The van der Waals surface area contributed by atoms with Crippen molar-refractivity contribution >= 4 is 38.9 Å². The molecule has 0 saturated heterocycles. The molecule has 0 aliphatic carbocycles. The molecule has 0 radical (unpaired) electrons. The average molecular weight is 544 g/mol. The molecular weight excluding hydrogens is 506 g/mol. The van der Waals surface area contributed by atoms with Gasteiger partial charge >= 0.3 is 0 Å². The van der Waals surface area contributed by atoms with Gasteiger partial charge in [0.2, 0.25) is 15.9 Å². The summed E-state index contributed by atoms with van der Waals surface area (Å²) in [6.45, 7) is 15.8. The standard InChI is InChI=1S/C28H37N3O4S2/c1-7-17-31(18-8-2)37(33,34)24-14-12-23(13-15-24)29-27(36)30-26(32)28(5,6)16-9-19-35-25-20-21(3)10-11-22(25)4/h7-8,10-15,20H,1-2,9,16-19H2,3-6H3,(H2,29,30,32,36). The Kier molecular flexibility index (Phi) is 11.0. The van der Waals surface area contributed by atoms with Crippen molar-refractivity contribution in [3.05, 3.63) is 78.9 Å². The summed E-state index contributed by atoms with van der Waals surface area (Å²) in [5.74, 6) is 0.654. The van der Waals surface area contributed by atoms with Gasteiger partial charge in [-0.25, -0.2) is 8.42 Å². The summed E-state index contributed by atoms with van der Waals surface area (Å²) in [4.78, 5) is 13.0. The van der Waals surface area contributed by atoms with Crippen LogP contribution in [0.1, 0.15) is 37.8 Å². The molecule has 0 atom stereocenters. The molecule has 2 aromatic carbocycles. The third-order valence-electron chi connectivity index (χ3n) is 5.80. The largest absolute Gasteiger partial charge is 0.493 e. The van der Waals surface area contributed by atoms with E-state index >= 15 is 0 Å². The molecule has 37 heavy (non-hydrogen) atoms. The first kappa shape index (κ1) is 30.2. The summed E-state index contributed by atoms with van der Waals surface area (Å²) in [6.07, 6.45) is 4.37. The molecule has 2 rings (SSSR count). The van der Waals surface area contributed by atoms with Crippen molar-refractivity contribution in [3.8, 4) is 5.75 Å². The number of rotatable bonds is 13. The van der Waals surface area contributed by atoms with Crippen molar-refractivity contribution in [2.75, 3.05) is 25.0 Å². The van der Waals surface area contributed by atoms with Crippen LogP contribution in [0.25, 0.3) is 0 Å². The quantitative estimate of drug-likeness (QED) is 0.201. The third-order valence-corrected chi connectivity index (χ3v) is 7.85. The van der Waals surface area contributed by atoms with E-state index in [1.165, 1.54) is 28.6 Å². The first-order chi connectivity index (χ1) is 17.4. The minimum atomic E-state index is -3.69. The second-order valence-corrected chi connectivity index (χ2v) is 11.8. The third kappa shape index (κ3) is 8.80. The summed E-state index contributed by atoms with van der Waals surface area (Å²) in [6, 6.07) is 12.3. The van der Waals surface area contributed by atoms with Crippen molar-refractivity contribution in [3.63, 3.8) is 0 Å². The van der Waals surface area contributed by atoms with Crippen molar-refractivity contribution in [2.45, 2.75) is 45.4 Å². The first-order valence-electron chi connectivity index (χ1n) is 12.0. The maximum Gasteiger partial charge on any atom is 0.243 e. The molecule has 9 heteroatoms. The minimum Gasteiger partial charge on any atom is -0.493 e. The van der Waals surface area contributed by atoms with Gasteiger partial charge in [0.05, 0.1) is 11.5 Å². The van der Waals surface area contributed by atoms with Gasteiger partial charge < -0.3 is 15.4 Å². The van der Waals surface area contributed by atoms with Crippen LogP contribution in [0, 0.1) is 19.3 Å². The number of thiocarbonyl (C=S) groups is 1. The normalized spacial score (nSPS) is 11.6. The van der Waals surface area contributed by atoms with Gasteiger partial charge in [0.1, 0.15) is 5.75 Å². The Bertz CT molecular complexity index is 1210. The molecule has 0 saturated carbocycles. The average Bonchev–Trinajstić information content (AvgIpc) is 2.84. The minimum absolute atomic E-state index is 0.139. The maximum absolute atomic E-state index is 12.8. The smallest absolute Gasteiger partial charge is 0.243 e. The lowest BCUT2D eigenvalue weighted by Gasteiger charge is -2.24. The van der Waals surface area contributed by atoms with Crippen LogP contribution < -0.4 is 15.4 Å². The fourth-order valence-electron chi connectivity index (χ4n) is 3.53. The zero-order valence-electron chi connectivity index (χ0n) is 22.0. The van der Waals surface area contributed by atoms with Gasteiger partial charge in [-0.05, 0) is 80.4 Å². The van der Waals surface area contributed by atoms with Gasteiger partial charge in [-0.1, -0.05) is 38.1 Å². The van der Waals surface area contributed by atoms with E-state index in [-0.39, 0.29) is 29.0 Å². The lowest BCUT2D eigenvalue weighted by molar-refractivity contribution is -0.128. The molecule has 0 aromatic heterocycles. The van der Waals surface area contributed by atoms with Gasteiger partial charge in [0.15, 0.2) is 5.11 Å². The number of benzene rings is 2. The Balaban J connectivity index is 1.89. The van der Waals surface area contributed by atoms with Crippen molar-refractivity contribution in [1.82, 2.24) is 9.62 Å². The van der Waals surface area contributed by atoms with Gasteiger partial charge in [-0.15, -0.1) is 13.2 Å². The van der Waals surface area contributed by atoms with E-state index in [4.69, 9.17) is 17.0 Å². The zero-order valence-corrected chi connectivity index (χ0v) is 23.7. The highest BCUT2D eigenvalue weighted by molar-refractivity contribution is 7.89. The molecule has 0 bridgehead atoms. The van der Waals surface area contributed by atoms with Crippen molar-refractivity contribution < 1.29 is 17.9 Å². The van der Waals surface area contributed by atoms with E-state index in [1.54, 1.807) is 12.1 Å². The molecule has 2 N–H and O–H groups in total. The summed E-state index contributed by atoms with van der Waals surface area (Å²) >= 11 is 5.31. The Labute approximate surface area is 226 Å².